The standard InChI is InChI=1S/C16H27N3O/c1-6-10-17-13-11(3)15(20-16(4,5)7-2)19-14(18-13)12-8-9-12/h12H,6-10H2,1-5H3,(H,17,18,19). The maximum absolute atomic E-state index is 6.13. The molecule has 0 aromatic carbocycles. The zero-order valence-electron chi connectivity index (χ0n) is 13.4. The summed E-state index contributed by atoms with van der Waals surface area (Å²) >= 11 is 0. The van der Waals surface area contributed by atoms with Crippen molar-refractivity contribution >= 4 is 5.82 Å². The van der Waals surface area contributed by atoms with Gasteiger partial charge in [0, 0.05) is 12.5 Å². The Morgan fingerprint density at radius 3 is 2.50 bits per heavy atom. The van der Waals surface area contributed by atoms with E-state index in [1.165, 1.54) is 12.8 Å². The number of hydrogen-bond acceptors (Lipinski definition) is 4. The molecule has 0 bridgehead atoms. The van der Waals surface area contributed by atoms with Gasteiger partial charge in [-0.15, -0.1) is 0 Å². The first-order valence-corrected chi connectivity index (χ1v) is 7.78. The Hall–Kier alpha value is -1.32. The average Bonchev–Trinajstić information content (AvgIpc) is 3.24. The van der Waals surface area contributed by atoms with Crippen LogP contribution in [0.15, 0.2) is 0 Å². The lowest BCUT2D eigenvalue weighted by Crippen LogP contribution is -2.28. The van der Waals surface area contributed by atoms with Crippen molar-refractivity contribution in [2.24, 2.45) is 0 Å². The summed E-state index contributed by atoms with van der Waals surface area (Å²) in [5.74, 6) is 3.15. The first-order valence-electron chi connectivity index (χ1n) is 7.78. The second-order valence-corrected chi connectivity index (χ2v) is 6.28. The van der Waals surface area contributed by atoms with E-state index in [2.05, 4.69) is 43.0 Å². The third-order valence-electron chi connectivity index (χ3n) is 3.83. The van der Waals surface area contributed by atoms with Crippen LogP contribution < -0.4 is 10.1 Å². The molecule has 1 N–H and O–H groups in total. The molecule has 2 rings (SSSR count). The van der Waals surface area contributed by atoms with E-state index in [1.54, 1.807) is 0 Å². The van der Waals surface area contributed by atoms with Crippen molar-refractivity contribution in [3.63, 3.8) is 0 Å². The summed E-state index contributed by atoms with van der Waals surface area (Å²) in [5, 5.41) is 3.40. The van der Waals surface area contributed by atoms with Crippen molar-refractivity contribution in [2.75, 3.05) is 11.9 Å². The van der Waals surface area contributed by atoms with Crippen LogP contribution in [-0.4, -0.2) is 22.1 Å². The molecule has 1 heterocycles. The molecule has 0 spiro atoms. The van der Waals surface area contributed by atoms with Crippen LogP contribution in [0.2, 0.25) is 0 Å². The van der Waals surface area contributed by atoms with Crippen LogP contribution in [0, 0.1) is 6.92 Å². The Kier molecular flexibility index (Phi) is 4.51. The minimum atomic E-state index is -0.192. The van der Waals surface area contributed by atoms with E-state index < -0.39 is 0 Å². The lowest BCUT2D eigenvalue weighted by atomic mass is 10.1. The zero-order chi connectivity index (χ0) is 14.8. The fourth-order valence-corrected chi connectivity index (χ4v) is 1.89. The normalized spacial score (nSPS) is 15.2. The first-order chi connectivity index (χ1) is 9.46. The average molecular weight is 277 g/mol. The topological polar surface area (TPSA) is 47.0 Å². The molecule has 0 amide bonds. The molecule has 1 aromatic heterocycles. The number of aromatic nitrogens is 2. The maximum atomic E-state index is 6.13. The van der Waals surface area contributed by atoms with Gasteiger partial charge in [0.2, 0.25) is 5.88 Å². The highest BCUT2D eigenvalue weighted by atomic mass is 16.5. The van der Waals surface area contributed by atoms with Crippen LogP contribution >= 0.6 is 0 Å². The fourth-order valence-electron chi connectivity index (χ4n) is 1.89. The van der Waals surface area contributed by atoms with Gasteiger partial charge in [-0.3, -0.25) is 0 Å². The van der Waals surface area contributed by atoms with Crippen molar-refractivity contribution in [3.05, 3.63) is 11.4 Å². The number of nitrogens with zero attached hydrogens (tertiary/aromatic N) is 2. The van der Waals surface area contributed by atoms with Gasteiger partial charge in [-0.05, 0) is 46.5 Å². The van der Waals surface area contributed by atoms with Crippen molar-refractivity contribution in [2.45, 2.75) is 71.8 Å². The molecule has 4 nitrogen and oxygen atoms in total. The lowest BCUT2D eigenvalue weighted by molar-refractivity contribution is 0.0975. The van der Waals surface area contributed by atoms with Gasteiger partial charge >= 0.3 is 0 Å². The Balaban J connectivity index is 2.30. The van der Waals surface area contributed by atoms with Gasteiger partial charge in [0.15, 0.2) is 0 Å². The fraction of sp³-hybridized carbons (Fsp3) is 0.750. The minimum absolute atomic E-state index is 0.192. The molecule has 0 radical (unpaired) electrons. The summed E-state index contributed by atoms with van der Waals surface area (Å²) in [6, 6.07) is 0. The van der Waals surface area contributed by atoms with Crippen molar-refractivity contribution < 1.29 is 4.74 Å². The number of ether oxygens (including phenoxy) is 1. The SMILES string of the molecule is CCCNc1nc(C2CC2)nc(OC(C)(C)CC)c1C. The van der Waals surface area contributed by atoms with E-state index in [0.717, 1.165) is 42.5 Å². The van der Waals surface area contributed by atoms with E-state index in [9.17, 15) is 0 Å². The summed E-state index contributed by atoms with van der Waals surface area (Å²) in [6.07, 6.45) is 4.44. The quantitative estimate of drug-likeness (QED) is 0.816. The van der Waals surface area contributed by atoms with Crippen LogP contribution in [0.25, 0.3) is 0 Å². The highest BCUT2D eigenvalue weighted by molar-refractivity contribution is 5.49. The molecule has 1 saturated carbocycles. The Labute approximate surface area is 122 Å². The minimum Gasteiger partial charge on any atom is -0.471 e. The Bertz CT molecular complexity index is 467. The molecule has 1 aliphatic rings. The van der Waals surface area contributed by atoms with Crippen LogP contribution in [0.5, 0.6) is 5.88 Å². The summed E-state index contributed by atoms with van der Waals surface area (Å²) in [7, 11) is 0. The molecule has 112 valence electrons. The second-order valence-electron chi connectivity index (χ2n) is 6.28. The van der Waals surface area contributed by atoms with E-state index >= 15 is 0 Å². The summed E-state index contributed by atoms with van der Waals surface area (Å²) in [4.78, 5) is 9.35. The molecule has 20 heavy (non-hydrogen) atoms. The highest BCUT2D eigenvalue weighted by Crippen LogP contribution is 2.40. The van der Waals surface area contributed by atoms with Gasteiger partial charge in [-0.25, -0.2) is 4.98 Å². The molecule has 0 atom stereocenters. The molecule has 1 aliphatic carbocycles. The molecule has 1 fully saturated rings. The van der Waals surface area contributed by atoms with Gasteiger partial charge in [0.25, 0.3) is 0 Å². The molecule has 1 aromatic rings. The summed E-state index contributed by atoms with van der Waals surface area (Å²) in [5.41, 5.74) is 0.825. The zero-order valence-corrected chi connectivity index (χ0v) is 13.4. The number of hydrogen-bond donors (Lipinski definition) is 1. The second kappa shape index (κ2) is 5.98. The van der Waals surface area contributed by atoms with Gasteiger partial charge in [0.05, 0.1) is 5.56 Å². The molecule has 0 aliphatic heterocycles. The van der Waals surface area contributed by atoms with Crippen molar-refractivity contribution in [3.8, 4) is 5.88 Å². The van der Waals surface area contributed by atoms with Crippen LogP contribution in [0.3, 0.4) is 0 Å². The van der Waals surface area contributed by atoms with Gasteiger partial charge in [-0.2, -0.15) is 4.98 Å². The van der Waals surface area contributed by atoms with Gasteiger partial charge in [-0.1, -0.05) is 13.8 Å². The smallest absolute Gasteiger partial charge is 0.222 e. The Morgan fingerprint density at radius 1 is 1.25 bits per heavy atom. The maximum Gasteiger partial charge on any atom is 0.222 e. The molecule has 4 heteroatoms. The highest BCUT2D eigenvalue weighted by Gasteiger charge is 2.29. The summed E-state index contributed by atoms with van der Waals surface area (Å²) in [6.45, 7) is 11.5. The molecular weight excluding hydrogens is 250 g/mol. The largest absolute Gasteiger partial charge is 0.471 e. The monoisotopic (exact) mass is 277 g/mol. The predicted molar refractivity (Wildman–Crippen MR) is 82.5 cm³/mol. The molecule has 0 saturated heterocycles. The van der Waals surface area contributed by atoms with Crippen LogP contribution in [0.4, 0.5) is 5.82 Å². The molecular formula is C16H27N3O. The predicted octanol–water partition coefficient (Wildman–Crippen LogP) is 4.05. The van der Waals surface area contributed by atoms with Crippen LogP contribution in [0.1, 0.15) is 70.7 Å². The number of anilines is 1. The number of rotatable bonds is 7. The van der Waals surface area contributed by atoms with Gasteiger partial charge in [0.1, 0.15) is 17.2 Å². The molecule has 0 unspecified atom stereocenters. The third-order valence-corrected chi connectivity index (χ3v) is 3.83. The van der Waals surface area contributed by atoms with Gasteiger partial charge < -0.3 is 10.1 Å². The van der Waals surface area contributed by atoms with E-state index in [1.807, 2.05) is 6.92 Å². The summed E-state index contributed by atoms with van der Waals surface area (Å²) < 4.78 is 6.13. The lowest BCUT2D eigenvalue weighted by Gasteiger charge is -2.26. The third kappa shape index (κ3) is 3.62. The van der Waals surface area contributed by atoms with E-state index in [-0.39, 0.29) is 5.60 Å². The van der Waals surface area contributed by atoms with Crippen LogP contribution in [-0.2, 0) is 0 Å². The van der Waals surface area contributed by atoms with Crippen molar-refractivity contribution in [1.82, 2.24) is 9.97 Å². The number of nitrogens with one attached hydrogen (secondary N) is 1. The van der Waals surface area contributed by atoms with E-state index in [0.29, 0.717) is 5.92 Å². The first kappa shape index (κ1) is 15.1. The van der Waals surface area contributed by atoms with E-state index in [4.69, 9.17) is 4.74 Å². The van der Waals surface area contributed by atoms with Crippen molar-refractivity contribution in [1.29, 1.82) is 0 Å². The Morgan fingerprint density at radius 2 is 1.95 bits per heavy atom.